The number of anilines is 1. The van der Waals surface area contributed by atoms with Gasteiger partial charge in [-0.25, -0.2) is 4.98 Å². The van der Waals surface area contributed by atoms with Crippen molar-refractivity contribution in [1.82, 2.24) is 9.97 Å². The Hall–Kier alpha value is -2.10. The van der Waals surface area contributed by atoms with Gasteiger partial charge in [0.2, 0.25) is 5.56 Å². The molecule has 0 fully saturated rings. The first kappa shape index (κ1) is 9.45. The molecular weight excluding hydrogens is 190 g/mol. The summed E-state index contributed by atoms with van der Waals surface area (Å²) >= 11 is 0. The van der Waals surface area contributed by atoms with Gasteiger partial charge in [0, 0.05) is 25.5 Å². The highest BCUT2D eigenvalue weighted by Crippen LogP contribution is 2.18. The predicted molar refractivity (Wildman–Crippen MR) is 59.8 cm³/mol. The quantitative estimate of drug-likeness (QED) is 0.773. The molecule has 0 radical (unpaired) electrons. The maximum atomic E-state index is 10.9. The SMILES string of the molecule is CNc1cc(-c2ccc(=O)[nH]c2)ccn1. The second kappa shape index (κ2) is 3.96. The van der Waals surface area contributed by atoms with E-state index < -0.39 is 0 Å². The van der Waals surface area contributed by atoms with Crippen LogP contribution in [-0.4, -0.2) is 17.0 Å². The van der Waals surface area contributed by atoms with Crippen LogP contribution in [0.4, 0.5) is 5.82 Å². The molecule has 0 bridgehead atoms. The van der Waals surface area contributed by atoms with Gasteiger partial charge in [0.25, 0.3) is 0 Å². The highest BCUT2D eigenvalue weighted by molar-refractivity contribution is 5.65. The van der Waals surface area contributed by atoms with E-state index in [-0.39, 0.29) is 5.56 Å². The van der Waals surface area contributed by atoms with Crippen LogP contribution in [0.25, 0.3) is 11.1 Å². The Morgan fingerprint density at radius 2 is 2.13 bits per heavy atom. The van der Waals surface area contributed by atoms with Gasteiger partial charge in [-0.3, -0.25) is 4.79 Å². The fourth-order valence-corrected chi connectivity index (χ4v) is 1.34. The molecule has 0 spiro atoms. The largest absolute Gasteiger partial charge is 0.373 e. The molecule has 0 aliphatic carbocycles. The van der Waals surface area contributed by atoms with Gasteiger partial charge in [0.05, 0.1) is 0 Å². The molecule has 0 aliphatic rings. The summed E-state index contributed by atoms with van der Waals surface area (Å²) in [6.45, 7) is 0. The van der Waals surface area contributed by atoms with Crippen LogP contribution in [0.3, 0.4) is 0 Å². The maximum absolute atomic E-state index is 10.9. The van der Waals surface area contributed by atoms with Gasteiger partial charge in [0.15, 0.2) is 0 Å². The molecule has 0 atom stereocenters. The lowest BCUT2D eigenvalue weighted by atomic mass is 10.1. The first-order valence-corrected chi connectivity index (χ1v) is 4.62. The third kappa shape index (κ3) is 2.04. The van der Waals surface area contributed by atoms with E-state index in [1.807, 2.05) is 19.2 Å². The van der Waals surface area contributed by atoms with Gasteiger partial charge >= 0.3 is 0 Å². The first-order chi connectivity index (χ1) is 7.29. The zero-order chi connectivity index (χ0) is 10.7. The Labute approximate surface area is 87.0 Å². The van der Waals surface area contributed by atoms with Crippen LogP contribution in [0, 0.1) is 0 Å². The average Bonchev–Trinajstić information content (AvgIpc) is 2.30. The third-order valence-electron chi connectivity index (χ3n) is 2.13. The van der Waals surface area contributed by atoms with Crippen LogP contribution in [0.1, 0.15) is 0 Å². The number of pyridine rings is 2. The molecule has 0 unspecified atom stereocenters. The topological polar surface area (TPSA) is 57.8 Å². The van der Waals surface area contributed by atoms with E-state index in [1.165, 1.54) is 6.07 Å². The molecule has 0 aromatic carbocycles. The Kier molecular flexibility index (Phi) is 2.49. The number of aromatic amines is 1. The average molecular weight is 201 g/mol. The molecule has 0 saturated carbocycles. The normalized spacial score (nSPS) is 9.93. The zero-order valence-electron chi connectivity index (χ0n) is 8.32. The summed E-state index contributed by atoms with van der Waals surface area (Å²) in [7, 11) is 1.82. The minimum atomic E-state index is -0.0957. The Bertz CT molecular complexity index is 499. The highest BCUT2D eigenvalue weighted by Gasteiger charge is 1.98. The summed E-state index contributed by atoms with van der Waals surface area (Å²) in [5, 5.41) is 2.97. The van der Waals surface area contributed by atoms with Gasteiger partial charge < -0.3 is 10.3 Å². The van der Waals surface area contributed by atoms with Crippen LogP contribution in [-0.2, 0) is 0 Å². The molecular formula is C11H11N3O. The second-order valence-electron chi connectivity index (χ2n) is 3.12. The lowest BCUT2D eigenvalue weighted by molar-refractivity contribution is 1.23. The Morgan fingerprint density at radius 3 is 2.80 bits per heavy atom. The van der Waals surface area contributed by atoms with Crippen molar-refractivity contribution >= 4 is 5.82 Å². The number of aromatic nitrogens is 2. The third-order valence-corrected chi connectivity index (χ3v) is 2.13. The summed E-state index contributed by atoms with van der Waals surface area (Å²) < 4.78 is 0. The van der Waals surface area contributed by atoms with Crippen LogP contribution in [0.15, 0.2) is 41.5 Å². The smallest absolute Gasteiger partial charge is 0.247 e. The van der Waals surface area contributed by atoms with Crippen molar-refractivity contribution < 1.29 is 0 Å². The van der Waals surface area contributed by atoms with Gasteiger partial charge in [-0.2, -0.15) is 0 Å². The summed E-state index contributed by atoms with van der Waals surface area (Å²) in [4.78, 5) is 17.7. The molecule has 0 aliphatic heterocycles. The molecule has 2 N–H and O–H groups in total. The number of nitrogens with one attached hydrogen (secondary N) is 2. The van der Waals surface area contributed by atoms with Crippen molar-refractivity contribution in [2.75, 3.05) is 12.4 Å². The zero-order valence-corrected chi connectivity index (χ0v) is 8.32. The predicted octanol–water partition coefficient (Wildman–Crippen LogP) is 1.48. The fourth-order valence-electron chi connectivity index (χ4n) is 1.34. The minimum Gasteiger partial charge on any atom is -0.373 e. The standard InChI is InChI=1S/C11H11N3O/c1-12-10-6-8(4-5-13-10)9-2-3-11(15)14-7-9/h2-7H,1H3,(H,12,13)(H,14,15). The van der Waals surface area contributed by atoms with Crippen molar-refractivity contribution in [3.8, 4) is 11.1 Å². The van der Waals surface area contributed by atoms with Gasteiger partial charge in [-0.05, 0) is 29.3 Å². The lowest BCUT2D eigenvalue weighted by Gasteiger charge is -2.03. The fraction of sp³-hybridized carbons (Fsp3) is 0.0909. The number of H-pyrrole nitrogens is 1. The first-order valence-electron chi connectivity index (χ1n) is 4.62. The van der Waals surface area contributed by atoms with Crippen molar-refractivity contribution in [3.05, 3.63) is 47.0 Å². The molecule has 2 aromatic rings. The summed E-state index contributed by atoms with van der Waals surface area (Å²) in [6.07, 6.45) is 3.42. The van der Waals surface area contributed by atoms with Crippen molar-refractivity contribution in [2.24, 2.45) is 0 Å². The van der Waals surface area contributed by atoms with E-state index in [0.717, 1.165) is 16.9 Å². The van der Waals surface area contributed by atoms with Gasteiger partial charge in [-0.1, -0.05) is 0 Å². The molecule has 0 saturated heterocycles. The van der Waals surface area contributed by atoms with Gasteiger partial charge in [0.1, 0.15) is 5.82 Å². The summed E-state index contributed by atoms with van der Waals surface area (Å²) in [5.74, 6) is 0.804. The number of nitrogens with zero attached hydrogens (tertiary/aromatic N) is 1. The van der Waals surface area contributed by atoms with E-state index in [9.17, 15) is 4.79 Å². The van der Waals surface area contributed by atoms with E-state index >= 15 is 0 Å². The maximum Gasteiger partial charge on any atom is 0.247 e. The van der Waals surface area contributed by atoms with E-state index in [0.29, 0.717) is 0 Å². The molecule has 4 nitrogen and oxygen atoms in total. The van der Waals surface area contributed by atoms with Crippen LogP contribution in [0.2, 0.25) is 0 Å². The van der Waals surface area contributed by atoms with Crippen molar-refractivity contribution in [3.63, 3.8) is 0 Å². The molecule has 76 valence electrons. The minimum absolute atomic E-state index is 0.0957. The van der Waals surface area contributed by atoms with Crippen LogP contribution < -0.4 is 10.9 Å². The van der Waals surface area contributed by atoms with E-state index in [2.05, 4.69) is 15.3 Å². The van der Waals surface area contributed by atoms with Crippen molar-refractivity contribution in [2.45, 2.75) is 0 Å². The summed E-state index contributed by atoms with van der Waals surface area (Å²) in [5.41, 5.74) is 1.89. The number of hydrogen-bond donors (Lipinski definition) is 2. The second-order valence-corrected chi connectivity index (χ2v) is 3.12. The number of rotatable bonds is 2. The molecule has 2 heterocycles. The molecule has 2 rings (SSSR count). The molecule has 0 amide bonds. The number of hydrogen-bond acceptors (Lipinski definition) is 3. The molecule has 2 aromatic heterocycles. The molecule has 4 heteroatoms. The van der Waals surface area contributed by atoms with E-state index in [1.54, 1.807) is 18.5 Å². The Balaban J connectivity index is 2.44. The Morgan fingerprint density at radius 1 is 1.27 bits per heavy atom. The van der Waals surface area contributed by atoms with E-state index in [4.69, 9.17) is 0 Å². The van der Waals surface area contributed by atoms with Crippen LogP contribution >= 0.6 is 0 Å². The van der Waals surface area contributed by atoms with Gasteiger partial charge in [-0.15, -0.1) is 0 Å². The van der Waals surface area contributed by atoms with Crippen LogP contribution in [0.5, 0.6) is 0 Å². The lowest BCUT2D eigenvalue weighted by Crippen LogP contribution is -2.01. The highest BCUT2D eigenvalue weighted by atomic mass is 16.1. The summed E-state index contributed by atoms with van der Waals surface area (Å²) in [6, 6.07) is 7.12. The molecule has 15 heavy (non-hydrogen) atoms. The van der Waals surface area contributed by atoms with Crippen molar-refractivity contribution in [1.29, 1.82) is 0 Å². The monoisotopic (exact) mass is 201 g/mol.